The summed E-state index contributed by atoms with van der Waals surface area (Å²) in [5.74, 6) is -9.72. The lowest BCUT2D eigenvalue weighted by Gasteiger charge is -2.32. The number of hydrogen-bond donors (Lipinski definition) is 4. The molecule has 2 saturated heterocycles. The Hall–Kier alpha value is -3.20. The van der Waals surface area contributed by atoms with Crippen molar-refractivity contribution < 1.29 is 67.8 Å². The van der Waals surface area contributed by atoms with Crippen LogP contribution in [0.3, 0.4) is 0 Å². The highest BCUT2D eigenvalue weighted by molar-refractivity contribution is 6.61. The van der Waals surface area contributed by atoms with Crippen LogP contribution in [0.15, 0.2) is 0 Å². The number of hydrogen-bond acceptors (Lipinski definition) is 10. The summed E-state index contributed by atoms with van der Waals surface area (Å²) >= 11 is 0. The average Bonchev–Trinajstić information content (AvgIpc) is 2.80. The molecule has 2 aliphatic heterocycles. The molecule has 2 heterocycles. The maximum absolute atomic E-state index is 12.1. The lowest BCUT2D eigenvalue weighted by Crippen LogP contribution is -2.48. The Balaban J connectivity index is 2.41. The molecule has 4 N–H and O–H groups in total. The predicted molar refractivity (Wildman–Crippen MR) is 74.6 cm³/mol. The van der Waals surface area contributed by atoms with Gasteiger partial charge in [0.15, 0.2) is 0 Å². The van der Waals surface area contributed by atoms with Gasteiger partial charge >= 0.3 is 30.8 Å². The van der Waals surface area contributed by atoms with Gasteiger partial charge in [-0.2, -0.15) is 0 Å². The molecule has 2 rings (SSSR count). The molecule has 27 heavy (non-hydrogen) atoms. The third-order valence-corrected chi connectivity index (χ3v) is 3.73. The monoisotopic (exact) mass is 391 g/mol. The van der Waals surface area contributed by atoms with Crippen LogP contribution in [-0.4, -0.2) is 74.4 Å². The minimum Gasteiger partial charge on any atom is -0.606 e. The largest absolute Gasteiger partial charge is 0.657 e. The fourth-order valence-corrected chi connectivity index (χ4v) is 2.83. The lowest BCUT2D eigenvalue weighted by molar-refractivity contribution is -0.157. The van der Waals surface area contributed by atoms with Crippen LogP contribution in [0.2, 0.25) is 0 Å². The van der Waals surface area contributed by atoms with Crippen molar-refractivity contribution in [3.05, 3.63) is 0 Å². The molecule has 0 atom stereocenters. The fourth-order valence-electron chi connectivity index (χ4n) is 2.83. The summed E-state index contributed by atoms with van der Waals surface area (Å²) in [6, 6.07) is 0. The quantitative estimate of drug-likeness (QED) is 0.327. The van der Waals surface area contributed by atoms with Gasteiger partial charge in [-0.3, -0.25) is 28.8 Å². The van der Waals surface area contributed by atoms with Crippen molar-refractivity contribution in [1.82, 2.24) is 0 Å². The van der Waals surface area contributed by atoms with E-state index >= 15 is 0 Å². The van der Waals surface area contributed by atoms with Crippen molar-refractivity contribution in [2.75, 3.05) is 0 Å². The Bertz CT molecular complexity index is 646. The van der Waals surface area contributed by atoms with E-state index in [1.807, 2.05) is 0 Å². The van der Waals surface area contributed by atoms with Crippen molar-refractivity contribution in [3.8, 4) is 0 Å². The van der Waals surface area contributed by atoms with Gasteiger partial charge in [-0.1, -0.05) is 0 Å². The Kier molecular flexibility index (Phi) is 4.85. The molecular formula is C12H12BO14-. The Labute approximate surface area is 148 Å². The number of carbonyl (C=O) groups excluding carboxylic acids is 2. The Morgan fingerprint density at radius 2 is 0.926 bits per heavy atom. The summed E-state index contributed by atoms with van der Waals surface area (Å²) in [6.07, 6.45) is -4.80. The first kappa shape index (κ1) is 20.1. The zero-order valence-corrected chi connectivity index (χ0v) is 13.3. The molecule has 0 radical (unpaired) electrons. The van der Waals surface area contributed by atoms with E-state index in [1.165, 1.54) is 0 Å². The number of carboxylic acid groups (broad SMARTS) is 4. The number of rotatable bonds is 8. The number of carboxylic acids is 4. The molecule has 1 spiro atoms. The molecule has 0 aromatic rings. The molecule has 0 unspecified atom stereocenters. The van der Waals surface area contributed by atoms with E-state index < -0.39 is 79.7 Å². The average molecular weight is 391 g/mol. The highest BCUT2D eigenvalue weighted by atomic mass is 16.9. The Morgan fingerprint density at radius 3 is 1.15 bits per heavy atom. The van der Waals surface area contributed by atoms with Crippen molar-refractivity contribution in [2.45, 2.75) is 36.9 Å². The van der Waals surface area contributed by atoms with Crippen LogP contribution in [0.25, 0.3) is 0 Å². The number of carbonyl (C=O) groups is 6. The van der Waals surface area contributed by atoms with Gasteiger partial charge in [0.25, 0.3) is 11.9 Å². The van der Waals surface area contributed by atoms with Gasteiger partial charge in [0.2, 0.25) is 0 Å². The third kappa shape index (κ3) is 3.82. The van der Waals surface area contributed by atoms with Gasteiger partial charge in [0.05, 0.1) is 25.7 Å². The number of aliphatic carboxylic acids is 4. The zero-order valence-electron chi connectivity index (χ0n) is 13.3. The molecule has 0 aromatic heterocycles. The van der Waals surface area contributed by atoms with E-state index in [9.17, 15) is 28.8 Å². The molecule has 0 bridgehead atoms. The highest BCUT2D eigenvalue weighted by Crippen LogP contribution is 2.44. The van der Waals surface area contributed by atoms with Gasteiger partial charge < -0.3 is 39.0 Å². The lowest BCUT2D eigenvalue weighted by atomic mass is 9.93. The Morgan fingerprint density at radius 1 is 0.667 bits per heavy atom. The van der Waals surface area contributed by atoms with Gasteiger partial charge in [0, 0.05) is 0 Å². The second-order valence-electron chi connectivity index (χ2n) is 5.89. The minimum atomic E-state index is -3.91. The van der Waals surface area contributed by atoms with E-state index in [0.29, 0.717) is 0 Å². The molecule has 148 valence electrons. The van der Waals surface area contributed by atoms with Crippen LogP contribution in [0.1, 0.15) is 25.7 Å². The molecule has 15 heteroatoms. The van der Waals surface area contributed by atoms with E-state index in [1.54, 1.807) is 0 Å². The highest BCUT2D eigenvalue weighted by Gasteiger charge is 2.68. The predicted octanol–water partition coefficient (Wildman–Crippen LogP) is -2.05. The molecule has 2 aliphatic rings. The molecular weight excluding hydrogens is 379 g/mol. The van der Waals surface area contributed by atoms with E-state index in [-0.39, 0.29) is 0 Å². The maximum Gasteiger partial charge on any atom is 0.657 e. The zero-order chi connectivity index (χ0) is 20.6. The molecule has 0 aliphatic carbocycles. The van der Waals surface area contributed by atoms with Crippen molar-refractivity contribution in [2.24, 2.45) is 0 Å². The van der Waals surface area contributed by atoms with E-state index in [2.05, 4.69) is 9.31 Å². The van der Waals surface area contributed by atoms with Gasteiger partial charge in [-0.05, 0) is 0 Å². The second kappa shape index (κ2) is 6.51. The molecule has 2 fully saturated rings. The summed E-state index contributed by atoms with van der Waals surface area (Å²) in [5.41, 5.74) is -5.25. The van der Waals surface area contributed by atoms with Crippen LogP contribution in [0, 0.1) is 0 Å². The van der Waals surface area contributed by atoms with E-state index in [0.717, 1.165) is 0 Å². The first-order chi connectivity index (χ1) is 12.3. The summed E-state index contributed by atoms with van der Waals surface area (Å²) < 4.78 is 19.3. The van der Waals surface area contributed by atoms with Crippen LogP contribution in [0.4, 0.5) is 0 Å². The summed E-state index contributed by atoms with van der Waals surface area (Å²) in [7, 11) is 0. The summed E-state index contributed by atoms with van der Waals surface area (Å²) in [6.45, 7) is -3.91. The smallest absolute Gasteiger partial charge is 0.606 e. The summed E-state index contributed by atoms with van der Waals surface area (Å²) in [4.78, 5) is 68.2. The standard InChI is InChI=1S/C12H12BO14/c14-5(15)1-11(2-6(16)17)9(22)24-13(26-11)25-10(23)12(27-13,3-7(18)19)4-8(20)21/h1-4H2,(H,14,15)(H,16,17)(H,18,19)(H,20,21)/q-1. The first-order valence-electron chi connectivity index (χ1n) is 7.21. The molecule has 14 nitrogen and oxygen atoms in total. The molecule has 0 amide bonds. The first-order valence-corrected chi connectivity index (χ1v) is 7.21. The van der Waals surface area contributed by atoms with E-state index in [4.69, 9.17) is 29.7 Å². The SMILES string of the molecule is O=C(O)CC1(CC(=O)O)O[B-]2(OC1=O)OC(=O)C(CC(=O)O)(CC(=O)O)O2. The van der Waals surface area contributed by atoms with Gasteiger partial charge in [-0.25, -0.2) is 0 Å². The third-order valence-electron chi connectivity index (χ3n) is 3.73. The summed E-state index contributed by atoms with van der Waals surface area (Å²) in [5, 5.41) is 35.7. The van der Waals surface area contributed by atoms with Gasteiger partial charge in [0.1, 0.15) is 11.2 Å². The minimum absolute atomic E-state index is 1.20. The van der Waals surface area contributed by atoms with Crippen LogP contribution in [0.5, 0.6) is 0 Å². The van der Waals surface area contributed by atoms with Crippen molar-refractivity contribution in [3.63, 3.8) is 0 Å². The topological polar surface area (TPSA) is 220 Å². The van der Waals surface area contributed by atoms with Gasteiger partial charge in [-0.15, -0.1) is 0 Å². The van der Waals surface area contributed by atoms with Crippen molar-refractivity contribution in [1.29, 1.82) is 0 Å². The van der Waals surface area contributed by atoms with Crippen molar-refractivity contribution >= 4 is 42.8 Å². The molecule has 0 saturated carbocycles. The van der Waals surface area contributed by atoms with Crippen LogP contribution >= 0.6 is 0 Å². The van der Waals surface area contributed by atoms with Crippen LogP contribution < -0.4 is 0 Å². The second-order valence-corrected chi connectivity index (χ2v) is 5.89. The normalized spacial score (nSPS) is 21.5. The maximum atomic E-state index is 12.1. The molecule has 0 aromatic carbocycles. The van der Waals surface area contributed by atoms with Crippen LogP contribution in [-0.2, 0) is 47.4 Å². The fraction of sp³-hybridized carbons (Fsp3) is 0.500.